The van der Waals surface area contributed by atoms with E-state index in [0.29, 0.717) is 18.5 Å². The fourth-order valence-electron chi connectivity index (χ4n) is 2.14. The van der Waals surface area contributed by atoms with Crippen LogP contribution in [0, 0.1) is 0 Å². The molecule has 5 heteroatoms. The van der Waals surface area contributed by atoms with Gasteiger partial charge >= 0.3 is 5.97 Å². The molecule has 1 aromatic carbocycles. The van der Waals surface area contributed by atoms with Gasteiger partial charge in [-0.15, -0.1) is 0 Å². The average molecular weight is 251 g/mol. The Balaban J connectivity index is 3.39. The topological polar surface area (TPSA) is 77.8 Å². The van der Waals surface area contributed by atoms with Crippen molar-refractivity contribution in [3.05, 3.63) is 29.8 Å². The molecule has 0 saturated heterocycles. The van der Waals surface area contributed by atoms with Gasteiger partial charge in [0.05, 0.1) is 0 Å². The Morgan fingerprint density at radius 1 is 1.33 bits per heavy atom. The van der Waals surface area contributed by atoms with Crippen LogP contribution in [0.25, 0.3) is 0 Å². The molecule has 0 heterocycles. The minimum atomic E-state index is -1.38. The molecular weight excluding hydrogens is 234 g/mol. The van der Waals surface area contributed by atoms with Crippen molar-refractivity contribution in [1.82, 2.24) is 4.90 Å². The Morgan fingerprint density at radius 3 is 2.22 bits per heavy atom. The van der Waals surface area contributed by atoms with E-state index in [2.05, 4.69) is 0 Å². The smallest absolute Gasteiger partial charge is 0.334 e. The summed E-state index contributed by atoms with van der Waals surface area (Å²) < 4.78 is 0. The molecule has 2 N–H and O–H groups in total. The number of phenolic OH excluding ortho intramolecular Hbond substituents is 1. The summed E-state index contributed by atoms with van der Waals surface area (Å²) in [4.78, 5) is 24.0. The summed E-state index contributed by atoms with van der Waals surface area (Å²) in [6, 6.07) is 5.89. The van der Waals surface area contributed by atoms with Gasteiger partial charge in [-0.05, 0) is 31.0 Å². The van der Waals surface area contributed by atoms with Crippen LogP contribution in [0.15, 0.2) is 24.3 Å². The highest BCUT2D eigenvalue weighted by Gasteiger charge is 2.43. The number of rotatable bonds is 6. The maximum atomic E-state index is 11.6. The summed E-state index contributed by atoms with van der Waals surface area (Å²) in [7, 11) is 0. The van der Waals surface area contributed by atoms with E-state index >= 15 is 0 Å². The van der Waals surface area contributed by atoms with Crippen molar-refractivity contribution in [2.75, 3.05) is 6.54 Å². The molecule has 0 radical (unpaired) electrons. The van der Waals surface area contributed by atoms with Gasteiger partial charge in [0.1, 0.15) is 5.75 Å². The van der Waals surface area contributed by atoms with E-state index in [-0.39, 0.29) is 12.2 Å². The second kappa shape index (κ2) is 5.53. The zero-order valence-electron chi connectivity index (χ0n) is 10.5. The fourth-order valence-corrected chi connectivity index (χ4v) is 2.14. The number of likely N-dealkylation sites (N-methyl/N-ethyl adjacent to an activating group) is 1. The van der Waals surface area contributed by atoms with Crippen LogP contribution in [0.5, 0.6) is 5.75 Å². The molecule has 1 unspecified atom stereocenters. The largest absolute Gasteiger partial charge is 0.508 e. The summed E-state index contributed by atoms with van der Waals surface area (Å²) in [5.74, 6) is -1.02. The Bertz CT molecular complexity index is 429. The van der Waals surface area contributed by atoms with E-state index in [1.165, 1.54) is 29.2 Å². The van der Waals surface area contributed by atoms with Crippen molar-refractivity contribution in [3.63, 3.8) is 0 Å². The van der Waals surface area contributed by atoms with Gasteiger partial charge in [-0.25, -0.2) is 4.79 Å². The van der Waals surface area contributed by atoms with Crippen LogP contribution in [-0.2, 0) is 15.1 Å². The third-order valence-electron chi connectivity index (χ3n) is 3.17. The van der Waals surface area contributed by atoms with Crippen LogP contribution in [0.3, 0.4) is 0 Å². The van der Waals surface area contributed by atoms with Crippen molar-refractivity contribution >= 4 is 12.4 Å². The van der Waals surface area contributed by atoms with E-state index in [1.54, 1.807) is 13.8 Å². The third-order valence-corrected chi connectivity index (χ3v) is 3.17. The highest BCUT2D eigenvalue weighted by atomic mass is 16.4. The van der Waals surface area contributed by atoms with Crippen molar-refractivity contribution in [2.24, 2.45) is 0 Å². The standard InChI is InChI=1S/C13H17NO4/c1-3-13(12(17)18,14(4-2)9-15)10-5-7-11(16)8-6-10/h5-9,16H,3-4H2,1-2H3,(H,17,18). The molecule has 1 aromatic rings. The summed E-state index contributed by atoms with van der Waals surface area (Å²) in [6.07, 6.45) is 0.796. The molecule has 1 rings (SSSR count). The number of carboxylic acids is 1. The summed E-state index contributed by atoms with van der Waals surface area (Å²) in [5, 5.41) is 18.8. The zero-order valence-corrected chi connectivity index (χ0v) is 10.5. The van der Waals surface area contributed by atoms with Crippen LogP contribution in [0.2, 0.25) is 0 Å². The number of aliphatic carboxylic acids is 1. The van der Waals surface area contributed by atoms with E-state index < -0.39 is 11.5 Å². The maximum absolute atomic E-state index is 11.6. The second-order valence-electron chi connectivity index (χ2n) is 3.96. The molecule has 5 nitrogen and oxygen atoms in total. The van der Waals surface area contributed by atoms with Gasteiger partial charge in [0.15, 0.2) is 5.54 Å². The number of hydrogen-bond donors (Lipinski definition) is 2. The lowest BCUT2D eigenvalue weighted by atomic mass is 9.85. The number of carboxylic acid groups (broad SMARTS) is 1. The number of amides is 1. The third kappa shape index (κ3) is 2.16. The van der Waals surface area contributed by atoms with E-state index in [0.717, 1.165) is 0 Å². The van der Waals surface area contributed by atoms with Crippen molar-refractivity contribution in [1.29, 1.82) is 0 Å². The van der Waals surface area contributed by atoms with Crippen LogP contribution in [0.1, 0.15) is 25.8 Å². The van der Waals surface area contributed by atoms with Crippen molar-refractivity contribution in [2.45, 2.75) is 25.8 Å². The number of benzene rings is 1. The number of phenols is 1. The first kappa shape index (κ1) is 14.0. The molecule has 0 aliphatic carbocycles. The van der Waals surface area contributed by atoms with Crippen LogP contribution in [0.4, 0.5) is 0 Å². The van der Waals surface area contributed by atoms with Gasteiger partial charge < -0.3 is 15.1 Å². The van der Waals surface area contributed by atoms with E-state index in [9.17, 15) is 19.8 Å². The van der Waals surface area contributed by atoms with Crippen molar-refractivity contribution in [3.8, 4) is 5.75 Å². The van der Waals surface area contributed by atoms with E-state index in [4.69, 9.17) is 0 Å². The van der Waals surface area contributed by atoms with Gasteiger partial charge in [-0.3, -0.25) is 4.79 Å². The van der Waals surface area contributed by atoms with E-state index in [1.807, 2.05) is 0 Å². The first-order chi connectivity index (χ1) is 8.52. The minimum absolute atomic E-state index is 0.0586. The molecule has 0 fully saturated rings. The molecule has 0 aliphatic heterocycles. The molecule has 0 aliphatic rings. The number of carbonyl (C=O) groups is 2. The highest BCUT2D eigenvalue weighted by Crippen LogP contribution is 2.32. The summed E-state index contributed by atoms with van der Waals surface area (Å²) in [5.41, 5.74) is -0.909. The minimum Gasteiger partial charge on any atom is -0.508 e. The molecule has 98 valence electrons. The predicted octanol–water partition coefficient (Wildman–Crippen LogP) is 1.56. The summed E-state index contributed by atoms with van der Waals surface area (Å²) >= 11 is 0. The lowest BCUT2D eigenvalue weighted by Gasteiger charge is -2.37. The molecule has 0 aromatic heterocycles. The second-order valence-corrected chi connectivity index (χ2v) is 3.96. The highest BCUT2D eigenvalue weighted by molar-refractivity contribution is 5.83. The van der Waals surface area contributed by atoms with Crippen molar-refractivity contribution < 1.29 is 19.8 Å². The SMILES string of the molecule is CCN(C=O)C(CC)(C(=O)O)c1ccc(O)cc1. The lowest BCUT2D eigenvalue weighted by Crippen LogP contribution is -2.51. The number of carbonyl (C=O) groups excluding carboxylic acids is 1. The average Bonchev–Trinajstić information content (AvgIpc) is 2.36. The maximum Gasteiger partial charge on any atom is 0.334 e. The van der Waals surface area contributed by atoms with Crippen LogP contribution in [-0.4, -0.2) is 34.0 Å². The summed E-state index contributed by atoms with van der Waals surface area (Å²) in [6.45, 7) is 3.74. The quantitative estimate of drug-likeness (QED) is 0.752. The normalized spacial score (nSPS) is 13.7. The molecule has 0 bridgehead atoms. The van der Waals surface area contributed by atoms with Gasteiger partial charge in [0.2, 0.25) is 6.41 Å². The van der Waals surface area contributed by atoms with Gasteiger partial charge in [0, 0.05) is 6.54 Å². The number of aromatic hydroxyl groups is 1. The molecule has 1 amide bonds. The monoisotopic (exact) mass is 251 g/mol. The molecule has 1 atom stereocenters. The molecule has 18 heavy (non-hydrogen) atoms. The fraction of sp³-hybridized carbons (Fsp3) is 0.385. The molecule has 0 spiro atoms. The Labute approximate surface area is 106 Å². The predicted molar refractivity (Wildman–Crippen MR) is 66.2 cm³/mol. The zero-order chi connectivity index (χ0) is 13.8. The Hall–Kier alpha value is -2.04. The number of hydrogen-bond acceptors (Lipinski definition) is 3. The van der Waals surface area contributed by atoms with Gasteiger partial charge in [-0.1, -0.05) is 19.1 Å². The van der Waals surface area contributed by atoms with Crippen LogP contribution < -0.4 is 0 Å². The Kier molecular flexibility index (Phi) is 4.31. The van der Waals surface area contributed by atoms with Gasteiger partial charge in [0.25, 0.3) is 0 Å². The lowest BCUT2D eigenvalue weighted by molar-refractivity contribution is -0.156. The molecular formula is C13H17NO4. The van der Waals surface area contributed by atoms with Crippen LogP contribution >= 0.6 is 0 Å². The van der Waals surface area contributed by atoms with Gasteiger partial charge in [-0.2, -0.15) is 0 Å². The first-order valence-electron chi connectivity index (χ1n) is 5.77. The first-order valence-corrected chi connectivity index (χ1v) is 5.77. The molecule has 0 saturated carbocycles. The number of nitrogens with zero attached hydrogens (tertiary/aromatic N) is 1. The Morgan fingerprint density at radius 2 is 1.89 bits per heavy atom.